The van der Waals surface area contributed by atoms with Crippen LogP contribution in [0.1, 0.15) is 24.6 Å². The lowest BCUT2D eigenvalue weighted by molar-refractivity contribution is 0.545. The fourth-order valence-corrected chi connectivity index (χ4v) is 3.83. The molecule has 0 saturated carbocycles. The third-order valence-corrected chi connectivity index (χ3v) is 5.15. The average molecular weight is 258 g/mol. The van der Waals surface area contributed by atoms with Crippen molar-refractivity contribution in [3.63, 3.8) is 0 Å². The summed E-state index contributed by atoms with van der Waals surface area (Å²) in [5.74, 6) is 0. The van der Waals surface area contributed by atoms with Crippen LogP contribution in [0.3, 0.4) is 0 Å². The van der Waals surface area contributed by atoms with E-state index in [1.54, 1.807) is 12.1 Å². The zero-order valence-electron chi connectivity index (χ0n) is 9.23. The number of hydrogen-bond donors (Lipinski definition) is 1. The standard InChI is InChI=1S/C10H14N2O2S2/c1-3-9(6-7-11)12-16(13,14)10-5-4-8(2)15-10/h4-5,9,12H,3,6H2,1-2H3. The molecule has 1 aromatic rings. The first-order valence-corrected chi connectivity index (χ1v) is 7.25. The average Bonchev–Trinajstić information content (AvgIpc) is 2.64. The minimum Gasteiger partial charge on any atom is -0.206 e. The van der Waals surface area contributed by atoms with Crippen molar-refractivity contribution >= 4 is 21.4 Å². The predicted octanol–water partition coefficient (Wildman–Crippen LogP) is 2.03. The number of rotatable bonds is 5. The molecule has 6 heteroatoms. The molecule has 0 radical (unpaired) electrons. The van der Waals surface area contributed by atoms with Gasteiger partial charge in [0.1, 0.15) is 4.21 Å². The van der Waals surface area contributed by atoms with Gasteiger partial charge in [0.25, 0.3) is 0 Å². The van der Waals surface area contributed by atoms with E-state index in [2.05, 4.69) is 4.72 Å². The van der Waals surface area contributed by atoms with E-state index in [0.717, 1.165) is 4.88 Å². The molecule has 0 aliphatic carbocycles. The maximum absolute atomic E-state index is 11.9. The third kappa shape index (κ3) is 3.30. The summed E-state index contributed by atoms with van der Waals surface area (Å²) < 4.78 is 26.6. The highest BCUT2D eigenvalue weighted by atomic mass is 32.2. The fraction of sp³-hybridized carbons (Fsp3) is 0.500. The highest BCUT2D eigenvalue weighted by molar-refractivity contribution is 7.91. The summed E-state index contributed by atoms with van der Waals surface area (Å²) in [5, 5.41) is 8.56. The van der Waals surface area contributed by atoms with E-state index >= 15 is 0 Å². The van der Waals surface area contributed by atoms with Crippen molar-refractivity contribution in [2.75, 3.05) is 0 Å². The Morgan fingerprint density at radius 3 is 2.69 bits per heavy atom. The van der Waals surface area contributed by atoms with Gasteiger partial charge in [-0.3, -0.25) is 0 Å². The second-order valence-electron chi connectivity index (χ2n) is 3.45. The number of thiophene rings is 1. The van der Waals surface area contributed by atoms with Gasteiger partial charge in [0, 0.05) is 10.9 Å². The van der Waals surface area contributed by atoms with Crippen LogP contribution in [0.2, 0.25) is 0 Å². The van der Waals surface area contributed by atoms with Crippen molar-refractivity contribution in [1.29, 1.82) is 5.26 Å². The molecule has 1 atom stereocenters. The van der Waals surface area contributed by atoms with E-state index in [1.807, 2.05) is 19.9 Å². The molecule has 1 aromatic heterocycles. The Kier molecular flexibility index (Phi) is 4.47. The second kappa shape index (κ2) is 5.43. The lowest BCUT2D eigenvalue weighted by atomic mass is 10.2. The van der Waals surface area contributed by atoms with Gasteiger partial charge in [0.2, 0.25) is 10.0 Å². The van der Waals surface area contributed by atoms with Gasteiger partial charge in [-0.25, -0.2) is 13.1 Å². The van der Waals surface area contributed by atoms with E-state index in [-0.39, 0.29) is 12.5 Å². The van der Waals surface area contributed by atoms with Crippen molar-refractivity contribution in [2.45, 2.75) is 36.9 Å². The van der Waals surface area contributed by atoms with E-state index < -0.39 is 10.0 Å². The molecule has 0 aliphatic heterocycles. The van der Waals surface area contributed by atoms with Crippen LogP contribution in [0.25, 0.3) is 0 Å². The number of nitrogens with one attached hydrogen (secondary N) is 1. The highest BCUT2D eigenvalue weighted by Gasteiger charge is 2.20. The number of nitrogens with zero attached hydrogens (tertiary/aromatic N) is 1. The van der Waals surface area contributed by atoms with Gasteiger partial charge >= 0.3 is 0 Å². The van der Waals surface area contributed by atoms with Crippen molar-refractivity contribution < 1.29 is 8.42 Å². The summed E-state index contributed by atoms with van der Waals surface area (Å²) in [5.41, 5.74) is 0. The quantitative estimate of drug-likeness (QED) is 0.878. The van der Waals surface area contributed by atoms with Crippen LogP contribution in [-0.4, -0.2) is 14.5 Å². The van der Waals surface area contributed by atoms with Crippen molar-refractivity contribution in [2.24, 2.45) is 0 Å². The first-order chi connectivity index (χ1) is 7.49. The van der Waals surface area contributed by atoms with Crippen LogP contribution >= 0.6 is 11.3 Å². The van der Waals surface area contributed by atoms with Crippen LogP contribution in [0.4, 0.5) is 0 Å². The van der Waals surface area contributed by atoms with E-state index in [0.29, 0.717) is 10.6 Å². The predicted molar refractivity (Wildman–Crippen MR) is 63.7 cm³/mol. The number of nitriles is 1. The fourth-order valence-electron chi connectivity index (χ4n) is 1.21. The lowest BCUT2D eigenvalue weighted by Crippen LogP contribution is -2.33. The van der Waals surface area contributed by atoms with Gasteiger partial charge in [-0.2, -0.15) is 5.26 Å². The Balaban J connectivity index is 2.83. The van der Waals surface area contributed by atoms with E-state index in [1.165, 1.54) is 11.3 Å². The lowest BCUT2D eigenvalue weighted by Gasteiger charge is -2.12. The van der Waals surface area contributed by atoms with E-state index in [4.69, 9.17) is 5.26 Å². The first kappa shape index (κ1) is 13.2. The molecule has 0 aromatic carbocycles. The smallest absolute Gasteiger partial charge is 0.206 e. The topological polar surface area (TPSA) is 70.0 Å². The molecule has 1 heterocycles. The Morgan fingerprint density at radius 2 is 2.25 bits per heavy atom. The summed E-state index contributed by atoms with van der Waals surface area (Å²) >= 11 is 1.23. The second-order valence-corrected chi connectivity index (χ2v) is 6.68. The van der Waals surface area contributed by atoms with Gasteiger partial charge in [0.15, 0.2) is 0 Å². The van der Waals surface area contributed by atoms with Crippen LogP contribution in [-0.2, 0) is 10.0 Å². The maximum Gasteiger partial charge on any atom is 0.250 e. The molecular weight excluding hydrogens is 244 g/mol. The Hall–Kier alpha value is -0.900. The molecule has 88 valence electrons. The molecule has 0 fully saturated rings. The molecule has 1 rings (SSSR count). The molecule has 1 unspecified atom stereocenters. The van der Waals surface area contributed by atoms with Crippen LogP contribution in [0.5, 0.6) is 0 Å². The molecule has 0 bridgehead atoms. The summed E-state index contributed by atoms with van der Waals surface area (Å²) in [4.78, 5) is 0.953. The van der Waals surface area contributed by atoms with Crippen LogP contribution in [0.15, 0.2) is 16.3 Å². The number of sulfonamides is 1. The van der Waals surface area contributed by atoms with E-state index in [9.17, 15) is 8.42 Å². The summed E-state index contributed by atoms with van der Waals surface area (Å²) in [6.07, 6.45) is 0.803. The molecule has 0 spiro atoms. The molecule has 0 saturated heterocycles. The number of hydrogen-bond acceptors (Lipinski definition) is 4. The van der Waals surface area contributed by atoms with Crippen LogP contribution < -0.4 is 4.72 Å². The Labute approximate surface area is 100.0 Å². The van der Waals surface area contributed by atoms with Gasteiger partial charge < -0.3 is 0 Å². The largest absolute Gasteiger partial charge is 0.250 e. The molecule has 0 aliphatic rings. The van der Waals surface area contributed by atoms with Crippen molar-refractivity contribution in [1.82, 2.24) is 4.72 Å². The maximum atomic E-state index is 11.9. The SMILES string of the molecule is CCC(CC#N)NS(=O)(=O)c1ccc(C)s1. The molecule has 0 amide bonds. The summed E-state index contributed by atoms with van der Waals surface area (Å²) in [7, 11) is -3.46. The molecule has 4 nitrogen and oxygen atoms in total. The molecule has 1 N–H and O–H groups in total. The Bertz CT molecular complexity index is 485. The first-order valence-electron chi connectivity index (χ1n) is 4.95. The monoisotopic (exact) mass is 258 g/mol. The summed E-state index contributed by atoms with van der Waals surface area (Å²) in [6, 6.07) is 5.02. The zero-order chi connectivity index (χ0) is 12.2. The number of aryl methyl sites for hydroxylation is 1. The van der Waals surface area contributed by atoms with Gasteiger partial charge in [-0.15, -0.1) is 11.3 Å². The minimum atomic E-state index is -3.46. The third-order valence-electron chi connectivity index (χ3n) is 2.13. The van der Waals surface area contributed by atoms with Crippen LogP contribution in [0, 0.1) is 18.3 Å². The zero-order valence-corrected chi connectivity index (χ0v) is 10.9. The minimum absolute atomic E-state index is 0.195. The van der Waals surface area contributed by atoms with Crippen molar-refractivity contribution in [3.05, 3.63) is 17.0 Å². The van der Waals surface area contributed by atoms with Gasteiger partial charge in [0.05, 0.1) is 12.5 Å². The van der Waals surface area contributed by atoms with Gasteiger partial charge in [-0.1, -0.05) is 6.92 Å². The summed E-state index contributed by atoms with van der Waals surface area (Å²) in [6.45, 7) is 3.71. The molecular formula is C10H14N2O2S2. The van der Waals surface area contributed by atoms with Gasteiger partial charge in [-0.05, 0) is 25.5 Å². The van der Waals surface area contributed by atoms with Crippen molar-refractivity contribution in [3.8, 4) is 6.07 Å². The molecule has 16 heavy (non-hydrogen) atoms. The highest BCUT2D eigenvalue weighted by Crippen LogP contribution is 2.21. The Morgan fingerprint density at radius 1 is 1.56 bits per heavy atom. The normalized spacial score (nSPS) is 13.3.